The summed E-state index contributed by atoms with van der Waals surface area (Å²) in [7, 11) is -0.285. The molecule has 0 rings (SSSR count). The highest BCUT2D eigenvalue weighted by Crippen LogP contribution is 2.43. The zero-order valence-electron chi connectivity index (χ0n) is 18.3. The number of hydrogen-bond acceptors (Lipinski definition) is 3. The van der Waals surface area contributed by atoms with Gasteiger partial charge in [0.1, 0.15) is 6.29 Å². The standard InChI is InChI=1S/C21H41ClO3Si/c1-15(2)26(16(3)4,17(5)6)25-20(13-22)12-18(7)10-11-21(24-9)19(8)14-23/h12,14-17,19-21H,10-11,13H2,1-9H3/b18-12+/t19-,20?,21-/m0/s1. The first kappa shape index (κ1) is 25.8. The van der Waals surface area contributed by atoms with E-state index < -0.39 is 8.32 Å². The van der Waals surface area contributed by atoms with Gasteiger partial charge in [-0.2, -0.15) is 0 Å². The third-order valence-corrected chi connectivity index (χ3v) is 12.0. The van der Waals surface area contributed by atoms with E-state index in [0.29, 0.717) is 22.5 Å². The fourth-order valence-electron chi connectivity index (χ4n) is 4.23. The van der Waals surface area contributed by atoms with Crippen molar-refractivity contribution >= 4 is 26.2 Å². The molecule has 0 spiro atoms. The van der Waals surface area contributed by atoms with Gasteiger partial charge in [0, 0.05) is 13.0 Å². The summed E-state index contributed by atoms with van der Waals surface area (Å²) in [5.41, 5.74) is 2.85. The monoisotopic (exact) mass is 404 g/mol. The second kappa shape index (κ2) is 12.3. The minimum Gasteiger partial charge on any atom is -0.409 e. The molecule has 0 aromatic rings. The normalized spacial score (nSPS) is 17.0. The number of carbonyl (C=O) groups excluding carboxylic acids is 1. The van der Waals surface area contributed by atoms with Crippen molar-refractivity contribution in [2.24, 2.45) is 5.92 Å². The molecule has 0 aromatic heterocycles. The first-order valence-electron chi connectivity index (χ1n) is 9.95. The molecule has 0 N–H and O–H groups in total. The van der Waals surface area contributed by atoms with Crippen LogP contribution in [0.15, 0.2) is 11.6 Å². The lowest BCUT2D eigenvalue weighted by Crippen LogP contribution is -2.50. The van der Waals surface area contributed by atoms with Crippen molar-refractivity contribution in [3.8, 4) is 0 Å². The Bertz CT molecular complexity index is 413. The van der Waals surface area contributed by atoms with Gasteiger partial charge >= 0.3 is 0 Å². The second-order valence-corrected chi connectivity index (χ2v) is 14.2. The number of allylic oxidation sites excluding steroid dienone is 1. The Morgan fingerprint density at radius 1 is 1.04 bits per heavy atom. The van der Waals surface area contributed by atoms with Gasteiger partial charge in [0.05, 0.1) is 18.1 Å². The highest BCUT2D eigenvalue weighted by atomic mass is 35.5. The molecule has 0 saturated heterocycles. The molecule has 154 valence electrons. The molecular formula is C21H41ClO3Si. The topological polar surface area (TPSA) is 35.5 Å². The van der Waals surface area contributed by atoms with Gasteiger partial charge in [-0.3, -0.25) is 0 Å². The van der Waals surface area contributed by atoms with Crippen molar-refractivity contribution in [1.29, 1.82) is 0 Å². The van der Waals surface area contributed by atoms with E-state index in [0.717, 1.165) is 19.1 Å². The highest BCUT2D eigenvalue weighted by Gasteiger charge is 2.46. The molecule has 0 heterocycles. The average molecular weight is 405 g/mol. The Kier molecular flexibility index (Phi) is 12.2. The van der Waals surface area contributed by atoms with E-state index in [4.69, 9.17) is 20.8 Å². The summed E-state index contributed by atoms with van der Waals surface area (Å²) >= 11 is 6.28. The molecule has 0 bridgehead atoms. The van der Waals surface area contributed by atoms with Gasteiger partial charge < -0.3 is 14.0 Å². The van der Waals surface area contributed by atoms with Gasteiger partial charge in [0.25, 0.3) is 0 Å². The maximum absolute atomic E-state index is 11.0. The van der Waals surface area contributed by atoms with E-state index in [1.54, 1.807) is 7.11 Å². The van der Waals surface area contributed by atoms with Crippen LogP contribution in [-0.2, 0) is 14.0 Å². The molecule has 5 heteroatoms. The molecule has 0 radical (unpaired) electrons. The molecule has 0 saturated carbocycles. The first-order valence-corrected chi connectivity index (χ1v) is 12.6. The van der Waals surface area contributed by atoms with Gasteiger partial charge in [0.2, 0.25) is 8.32 Å². The van der Waals surface area contributed by atoms with Crippen LogP contribution >= 0.6 is 11.6 Å². The van der Waals surface area contributed by atoms with E-state index in [-0.39, 0.29) is 18.1 Å². The van der Waals surface area contributed by atoms with Gasteiger partial charge in [-0.1, -0.05) is 60.1 Å². The number of alkyl halides is 1. The van der Waals surface area contributed by atoms with Crippen LogP contribution in [-0.4, -0.2) is 39.8 Å². The number of ether oxygens (including phenoxy) is 1. The number of hydrogen-bond donors (Lipinski definition) is 0. The Balaban J connectivity index is 5.20. The summed E-state index contributed by atoms with van der Waals surface area (Å²) < 4.78 is 12.2. The molecule has 3 nitrogen and oxygen atoms in total. The molecule has 0 aliphatic carbocycles. The lowest BCUT2D eigenvalue weighted by Gasteiger charge is -2.44. The summed E-state index contributed by atoms with van der Waals surface area (Å²) in [6.45, 7) is 17.8. The molecule has 26 heavy (non-hydrogen) atoms. The Labute approximate surface area is 168 Å². The predicted molar refractivity (Wildman–Crippen MR) is 116 cm³/mol. The SMILES string of the molecule is CO[C@@H](CC/C(C)=C/C(CCl)O[Si](C(C)C)(C(C)C)C(C)C)[C@@H](C)C=O. The quantitative estimate of drug-likeness (QED) is 0.155. The minimum atomic E-state index is -1.95. The van der Waals surface area contributed by atoms with E-state index >= 15 is 0 Å². The van der Waals surface area contributed by atoms with Crippen molar-refractivity contribution in [2.75, 3.05) is 13.0 Å². The molecule has 0 amide bonds. The van der Waals surface area contributed by atoms with Crippen molar-refractivity contribution < 1.29 is 14.0 Å². The van der Waals surface area contributed by atoms with Crippen LogP contribution in [0, 0.1) is 5.92 Å². The smallest absolute Gasteiger partial charge is 0.201 e. The summed E-state index contributed by atoms with van der Waals surface area (Å²) in [5.74, 6) is 0.382. The highest BCUT2D eigenvalue weighted by molar-refractivity contribution is 6.77. The van der Waals surface area contributed by atoms with Gasteiger partial charge in [0.15, 0.2) is 0 Å². The maximum Gasteiger partial charge on any atom is 0.201 e. The number of halogens is 1. The number of rotatable bonds is 13. The third-order valence-electron chi connectivity index (χ3n) is 5.61. The minimum absolute atomic E-state index is 0.0401. The predicted octanol–water partition coefficient (Wildman–Crippen LogP) is 6.36. The number of methoxy groups -OCH3 is 1. The summed E-state index contributed by atoms with van der Waals surface area (Å²) in [4.78, 5) is 11.0. The largest absolute Gasteiger partial charge is 0.409 e. The Morgan fingerprint density at radius 3 is 1.88 bits per heavy atom. The lowest BCUT2D eigenvalue weighted by atomic mass is 9.99. The van der Waals surface area contributed by atoms with Crippen LogP contribution in [0.2, 0.25) is 16.6 Å². The second-order valence-electron chi connectivity index (χ2n) is 8.45. The van der Waals surface area contributed by atoms with Gasteiger partial charge in [-0.25, -0.2) is 0 Å². The Morgan fingerprint density at radius 2 is 1.54 bits per heavy atom. The zero-order valence-corrected chi connectivity index (χ0v) is 20.1. The van der Waals surface area contributed by atoms with Crippen molar-refractivity contribution in [1.82, 2.24) is 0 Å². The van der Waals surface area contributed by atoms with Crippen LogP contribution in [0.4, 0.5) is 0 Å². The molecule has 0 aromatic carbocycles. The van der Waals surface area contributed by atoms with E-state index in [9.17, 15) is 4.79 Å². The van der Waals surface area contributed by atoms with Crippen LogP contribution in [0.25, 0.3) is 0 Å². The Hall–Kier alpha value is -0.163. The van der Waals surface area contributed by atoms with E-state index in [2.05, 4.69) is 54.5 Å². The molecule has 1 unspecified atom stereocenters. The fourth-order valence-corrected chi connectivity index (χ4v) is 9.98. The van der Waals surface area contributed by atoms with Crippen LogP contribution in [0.3, 0.4) is 0 Å². The molecular weight excluding hydrogens is 364 g/mol. The molecule has 0 fully saturated rings. The van der Waals surface area contributed by atoms with E-state index in [1.807, 2.05) is 6.92 Å². The fraction of sp³-hybridized carbons (Fsp3) is 0.857. The first-order chi connectivity index (χ1) is 12.1. The van der Waals surface area contributed by atoms with Crippen molar-refractivity contribution in [3.63, 3.8) is 0 Å². The van der Waals surface area contributed by atoms with Crippen molar-refractivity contribution in [2.45, 2.75) is 97.1 Å². The molecule has 3 atom stereocenters. The molecule has 0 aliphatic rings. The summed E-state index contributed by atoms with van der Waals surface area (Å²) in [6.07, 6.45) is 4.76. The van der Waals surface area contributed by atoms with Gasteiger partial charge in [-0.05, 0) is 36.4 Å². The van der Waals surface area contributed by atoms with Gasteiger partial charge in [-0.15, -0.1) is 11.6 Å². The van der Waals surface area contributed by atoms with Crippen molar-refractivity contribution in [3.05, 3.63) is 11.6 Å². The molecule has 0 aliphatic heterocycles. The maximum atomic E-state index is 11.0. The number of aldehydes is 1. The van der Waals surface area contributed by atoms with Crippen LogP contribution in [0.5, 0.6) is 0 Å². The van der Waals surface area contributed by atoms with Crippen LogP contribution in [0.1, 0.15) is 68.2 Å². The lowest BCUT2D eigenvalue weighted by molar-refractivity contribution is -0.114. The number of carbonyl (C=O) groups is 1. The average Bonchev–Trinajstić information content (AvgIpc) is 2.57. The third kappa shape index (κ3) is 7.10. The summed E-state index contributed by atoms with van der Waals surface area (Å²) in [6, 6.07) is 0. The zero-order chi connectivity index (χ0) is 20.5. The van der Waals surface area contributed by atoms with Crippen LogP contribution < -0.4 is 0 Å². The summed E-state index contributed by atoms with van der Waals surface area (Å²) in [5, 5.41) is 0. The van der Waals surface area contributed by atoms with E-state index in [1.165, 1.54) is 5.57 Å².